The van der Waals surface area contributed by atoms with E-state index in [1.807, 2.05) is 16.7 Å². The summed E-state index contributed by atoms with van der Waals surface area (Å²) in [6.07, 6.45) is 3.45. The number of pyridine rings is 1. The molecule has 164 valence electrons. The number of ether oxygens (including phenoxy) is 2. The maximum absolute atomic E-state index is 12.5. The van der Waals surface area contributed by atoms with Crippen LogP contribution in [0.5, 0.6) is 0 Å². The van der Waals surface area contributed by atoms with Crippen molar-refractivity contribution < 1.29 is 14.3 Å². The highest BCUT2D eigenvalue weighted by Crippen LogP contribution is 2.23. The molecule has 1 aliphatic heterocycles. The van der Waals surface area contributed by atoms with E-state index in [9.17, 15) is 4.79 Å². The average Bonchev–Trinajstić information content (AvgIpc) is 3.18. The maximum atomic E-state index is 12.5. The van der Waals surface area contributed by atoms with Gasteiger partial charge < -0.3 is 14.8 Å². The van der Waals surface area contributed by atoms with E-state index in [0.29, 0.717) is 24.9 Å². The number of carbonyl (C=O) groups is 1. The first-order valence-electron chi connectivity index (χ1n) is 10.1. The molecule has 30 heavy (non-hydrogen) atoms. The molecule has 1 fully saturated rings. The third-order valence-electron chi connectivity index (χ3n) is 5.09. The highest BCUT2D eigenvalue weighted by Gasteiger charge is 2.28. The predicted octanol–water partition coefficient (Wildman–Crippen LogP) is 1.31. The van der Waals surface area contributed by atoms with E-state index >= 15 is 0 Å². The Hall–Kier alpha value is -2.01. The number of aromatic nitrogens is 4. The minimum absolute atomic E-state index is 0.0203. The van der Waals surface area contributed by atoms with Gasteiger partial charge in [0.1, 0.15) is 0 Å². The number of thioether (sulfide) groups is 1. The normalized spacial score (nSPS) is 15.3. The smallest absolute Gasteiger partial charge is 0.230 e. The van der Waals surface area contributed by atoms with Crippen LogP contribution in [0.1, 0.15) is 13.8 Å². The van der Waals surface area contributed by atoms with Gasteiger partial charge in [0.15, 0.2) is 11.0 Å². The van der Waals surface area contributed by atoms with Crippen LogP contribution < -0.4 is 5.32 Å². The third-order valence-corrected chi connectivity index (χ3v) is 6.06. The number of morpholine rings is 1. The van der Waals surface area contributed by atoms with Gasteiger partial charge in [0.25, 0.3) is 0 Å². The topological polar surface area (TPSA) is 94.4 Å². The minimum Gasteiger partial charge on any atom is -0.383 e. The van der Waals surface area contributed by atoms with Crippen LogP contribution in [0, 0.1) is 0 Å². The number of nitrogens with zero attached hydrogens (tertiary/aromatic N) is 5. The van der Waals surface area contributed by atoms with Crippen molar-refractivity contribution >= 4 is 17.7 Å². The van der Waals surface area contributed by atoms with Crippen molar-refractivity contribution in [3.05, 3.63) is 24.5 Å². The molecule has 9 nitrogen and oxygen atoms in total. The van der Waals surface area contributed by atoms with E-state index in [0.717, 1.165) is 37.7 Å². The van der Waals surface area contributed by atoms with Gasteiger partial charge in [0.05, 0.1) is 32.1 Å². The summed E-state index contributed by atoms with van der Waals surface area (Å²) in [5.74, 6) is 1.000. The highest BCUT2D eigenvalue weighted by molar-refractivity contribution is 7.99. The molecule has 2 aromatic heterocycles. The number of nitrogens with one attached hydrogen (secondary N) is 1. The van der Waals surface area contributed by atoms with E-state index in [1.54, 1.807) is 19.5 Å². The van der Waals surface area contributed by atoms with Gasteiger partial charge in [0, 0.05) is 50.2 Å². The van der Waals surface area contributed by atoms with Gasteiger partial charge in [0.2, 0.25) is 5.91 Å². The largest absolute Gasteiger partial charge is 0.383 e. The summed E-state index contributed by atoms with van der Waals surface area (Å²) in [5.41, 5.74) is 0.814. The van der Waals surface area contributed by atoms with Crippen LogP contribution in [-0.2, 0) is 20.8 Å². The first-order valence-corrected chi connectivity index (χ1v) is 11.0. The Balaban J connectivity index is 1.58. The molecule has 3 rings (SSSR count). The Labute approximate surface area is 181 Å². The lowest BCUT2D eigenvalue weighted by Gasteiger charge is -2.40. The van der Waals surface area contributed by atoms with Gasteiger partial charge in [-0.1, -0.05) is 11.8 Å². The molecule has 10 heteroatoms. The van der Waals surface area contributed by atoms with E-state index in [4.69, 9.17) is 9.47 Å². The summed E-state index contributed by atoms with van der Waals surface area (Å²) in [6.45, 7) is 9.27. The first-order chi connectivity index (χ1) is 14.5. The molecule has 1 amide bonds. The lowest BCUT2D eigenvalue weighted by molar-refractivity contribution is -0.119. The molecule has 1 N–H and O–H groups in total. The molecule has 2 aromatic rings. The zero-order valence-electron chi connectivity index (χ0n) is 17.8. The van der Waals surface area contributed by atoms with Crippen LogP contribution in [-0.4, -0.2) is 88.4 Å². The first kappa shape index (κ1) is 22.7. The lowest BCUT2D eigenvalue weighted by Crippen LogP contribution is -2.55. The summed E-state index contributed by atoms with van der Waals surface area (Å²) in [7, 11) is 1.66. The van der Waals surface area contributed by atoms with Gasteiger partial charge in [-0.15, -0.1) is 10.2 Å². The number of carbonyl (C=O) groups excluding carboxylic acids is 1. The van der Waals surface area contributed by atoms with Crippen LogP contribution in [0.25, 0.3) is 11.4 Å². The Morgan fingerprint density at radius 3 is 2.70 bits per heavy atom. The van der Waals surface area contributed by atoms with Gasteiger partial charge >= 0.3 is 0 Å². The molecule has 0 saturated carbocycles. The van der Waals surface area contributed by atoms with Crippen LogP contribution in [0.3, 0.4) is 0 Å². The number of hydrogen-bond donors (Lipinski definition) is 1. The molecule has 0 aliphatic carbocycles. The van der Waals surface area contributed by atoms with Gasteiger partial charge in [-0.3, -0.25) is 19.2 Å². The zero-order chi connectivity index (χ0) is 21.4. The van der Waals surface area contributed by atoms with Crippen LogP contribution in [0.15, 0.2) is 29.7 Å². The van der Waals surface area contributed by atoms with E-state index in [2.05, 4.69) is 39.2 Å². The van der Waals surface area contributed by atoms with Crippen molar-refractivity contribution in [2.24, 2.45) is 0 Å². The van der Waals surface area contributed by atoms with Gasteiger partial charge in [-0.05, 0) is 26.0 Å². The third kappa shape index (κ3) is 6.00. The molecule has 3 heterocycles. The second-order valence-electron chi connectivity index (χ2n) is 7.66. The van der Waals surface area contributed by atoms with Crippen molar-refractivity contribution in [2.45, 2.75) is 31.1 Å². The average molecular weight is 435 g/mol. The molecule has 0 aromatic carbocycles. The second kappa shape index (κ2) is 10.9. The molecule has 0 radical (unpaired) electrons. The molecular formula is C20H30N6O3S. The number of amides is 1. The highest BCUT2D eigenvalue weighted by atomic mass is 32.2. The Bertz CT molecular complexity index is 808. The molecule has 1 saturated heterocycles. The van der Waals surface area contributed by atoms with Gasteiger partial charge in [-0.25, -0.2) is 0 Å². The summed E-state index contributed by atoms with van der Waals surface area (Å²) in [4.78, 5) is 18.9. The fourth-order valence-electron chi connectivity index (χ4n) is 3.27. The standard InChI is InChI=1S/C20H30N6O3S/c1-20(2,25-8-12-29-13-9-25)15-22-17(27)14-30-19-24-23-18(26(19)10-11-28-3)16-4-6-21-7-5-16/h4-7H,8-15H2,1-3H3,(H,22,27). The second-order valence-corrected chi connectivity index (χ2v) is 8.61. The SMILES string of the molecule is COCCn1c(SCC(=O)NCC(C)(C)N2CCOCC2)nnc1-c1ccncc1. The fraction of sp³-hybridized carbons (Fsp3) is 0.600. The number of hydrogen-bond acceptors (Lipinski definition) is 8. The number of rotatable bonds is 10. The number of methoxy groups -OCH3 is 1. The van der Waals surface area contributed by atoms with Crippen LogP contribution >= 0.6 is 11.8 Å². The molecule has 0 spiro atoms. The van der Waals surface area contributed by atoms with Gasteiger partial charge in [-0.2, -0.15) is 0 Å². The summed E-state index contributed by atoms with van der Waals surface area (Å²) in [5, 5.41) is 12.4. The van der Waals surface area contributed by atoms with E-state index in [1.165, 1.54) is 11.8 Å². The van der Waals surface area contributed by atoms with Crippen molar-refractivity contribution in [1.29, 1.82) is 0 Å². The van der Waals surface area contributed by atoms with Crippen LogP contribution in [0.2, 0.25) is 0 Å². The molecule has 0 atom stereocenters. The van der Waals surface area contributed by atoms with Crippen LogP contribution in [0.4, 0.5) is 0 Å². The van der Waals surface area contributed by atoms with Crippen molar-refractivity contribution in [2.75, 3.05) is 52.3 Å². The summed E-state index contributed by atoms with van der Waals surface area (Å²) in [6, 6.07) is 3.78. The minimum atomic E-state index is -0.114. The Morgan fingerprint density at radius 2 is 2.00 bits per heavy atom. The maximum Gasteiger partial charge on any atom is 0.230 e. The predicted molar refractivity (Wildman–Crippen MR) is 115 cm³/mol. The molecular weight excluding hydrogens is 404 g/mol. The van der Waals surface area contributed by atoms with E-state index < -0.39 is 0 Å². The fourth-order valence-corrected chi connectivity index (χ4v) is 4.07. The van der Waals surface area contributed by atoms with E-state index in [-0.39, 0.29) is 17.2 Å². The monoisotopic (exact) mass is 434 g/mol. The molecule has 0 bridgehead atoms. The zero-order valence-corrected chi connectivity index (χ0v) is 18.7. The van der Waals surface area contributed by atoms with Crippen molar-refractivity contribution in [1.82, 2.24) is 30.0 Å². The quantitative estimate of drug-likeness (QED) is 0.560. The van der Waals surface area contributed by atoms with Crippen molar-refractivity contribution in [3.63, 3.8) is 0 Å². The Morgan fingerprint density at radius 1 is 1.27 bits per heavy atom. The molecule has 0 unspecified atom stereocenters. The van der Waals surface area contributed by atoms with Crippen molar-refractivity contribution in [3.8, 4) is 11.4 Å². The lowest BCUT2D eigenvalue weighted by atomic mass is 10.0. The Kier molecular flexibility index (Phi) is 8.20. The molecule has 1 aliphatic rings. The summed E-state index contributed by atoms with van der Waals surface area (Å²) < 4.78 is 12.6. The summed E-state index contributed by atoms with van der Waals surface area (Å²) >= 11 is 1.38.